The van der Waals surface area contributed by atoms with Gasteiger partial charge in [0.25, 0.3) is 5.91 Å². The highest BCUT2D eigenvalue weighted by molar-refractivity contribution is 8.01. The zero-order valence-corrected chi connectivity index (χ0v) is 18.3. The van der Waals surface area contributed by atoms with Crippen LogP contribution in [0.2, 0.25) is 0 Å². The molecular weight excluding hydrogens is 444 g/mol. The minimum Gasteiger partial charge on any atom is -0.477 e. The number of rotatable bonds is 9. The van der Waals surface area contributed by atoms with E-state index in [1.165, 1.54) is 51.7 Å². The average molecular weight is 463 g/mol. The van der Waals surface area contributed by atoms with Crippen molar-refractivity contribution in [2.75, 3.05) is 30.3 Å². The van der Waals surface area contributed by atoms with Gasteiger partial charge in [0.1, 0.15) is 22.9 Å². The van der Waals surface area contributed by atoms with Crippen LogP contribution in [0.1, 0.15) is 5.82 Å². The van der Waals surface area contributed by atoms with Gasteiger partial charge < -0.3 is 15.2 Å². The van der Waals surface area contributed by atoms with Crippen LogP contribution in [0.4, 0.5) is 0 Å². The predicted molar refractivity (Wildman–Crippen MR) is 109 cm³/mol. The van der Waals surface area contributed by atoms with Crippen molar-refractivity contribution in [3.05, 3.63) is 17.1 Å². The van der Waals surface area contributed by atoms with E-state index < -0.39 is 23.3 Å². The van der Waals surface area contributed by atoms with Crippen LogP contribution in [0.15, 0.2) is 15.6 Å². The highest BCUT2D eigenvalue weighted by Crippen LogP contribution is 2.41. The minimum absolute atomic E-state index is 0.0155. The number of β-lactam (4-membered cyclic amide) rings is 1. The fraction of sp³-hybridized carbons (Fsp3) is 0.533. The molecule has 0 radical (unpaired) electrons. The maximum absolute atomic E-state index is 12.5. The number of aryl methyl sites for hydroxylation is 1. The van der Waals surface area contributed by atoms with Gasteiger partial charge in [0.15, 0.2) is 4.34 Å². The highest BCUT2D eigenvalue weighted by Gasteiger charge is 2.54. The van der Waals surface area contributed by atoms with Gasteiger partial charge in [0.2, 0.25) is 5.91 Å². The molecule has 2 unspecified atom stereocenters. The second-order valence-electron chi connectivity index (χ2n) is 5.86. The van der Waals surface area contributed by atoms with E-state index in [9.17, 15) is 19.5 Å². The molecule has 1 aromatic rings. The van der Waals surface area contributed by atoms with Gasteiger partial charge in [-0.1, -0.05) is 11.8 Å². The van der Waals surface area contributed by atoms with Crippen molar-refractivity contribution in [1.82, 2.24) is 19.6 Å². The minimum atomic E-state index is -1.14. The van der Waals surface area contributed by atoms with E-state index >= 15 is 0 Å². The van der Waals surface area contributed by atoms with E-state index in [0.29, 0.717) is 28.8 Å². The maximum atomic E-state index is 12.5. The number of aliphatic carboxylic acids is 1. The number of methoxy groups -OCH3 is 1. The van der Waals surface area contributed by atoms with Crippen molar-refractivity contribution in [3.8, 4) is 0 Å². The van der Waals surface area contributed by atoms with E-state index in [4.69, 9.17) is 4.74 Å². The van der Waals surface area contributed by atoms with E-state index in [1.54, 1.807) is 14.0 Å². The quantitative estimate of drug-likeness (QED) is 0.238. The van der Waals surface area contributed by atoms with E-state index in [0.717, 1.165) is 4.34 Å². The van der Waals surface area contributed by atoms with Crippen LogP contribution in [-0.2, 0) is 19.1 Å². The molecule has 2 amide bonds. The summed E-state index contributed by atoms with van der Waals surface area (Å²) in [6, 6.07) is -0.699. The molecule has 1 aromatic heterocycles. The summed E-state index contributed by atoms with van der Waals surface area (Å²) in [4.78, 5) is 41.9. The number of aromatic nitrogens is 2. The number of fused-ring (bicyclic) bond motifs is 1. The standard InChI is InChI=1S/C15H18N4O5S4/c1-7-16-15(28-18-7)27-4-8-3-26-13-10(17-9(20)5-25-6-24-2)12(21)19(13)11(8)14(22)23/h10,13H,3-6H2,1-2H3,(H,17,20)(H,22,23). The Balaban J connectivity index is 1.65. The molecule has 28 heavy (non-hydrogen) atoms. The van der Waals surface area contributed by atoms with Crippen LogP contribution in [0.5, 0.6) is 0 Å². The Bertz CT molecular complexity index is 814. The Morgan fingerprint density at radius 1 is 1.46 bits per heavy atom. The first-order valence-electron chi connectivity index (χ1n) is 8.11. The molecule has 2 aliphatic heterocycles. The largest absolute Gasteiger partial charge is 0.477 e. The smallest absolute Gasteiger partial charge is 0.352 e. The fourth-order valence-electron chi connectivity index (χ4n) is 2.71. The first kappa shape index (κ1) is 21.4. The number of carbonyl (C=O) groups is 3. The number of amides is 2. The lowest BCUT2D eigenvalue weighted by atomic mass is 10.0. The van der Waals surface area contributed by atoms with Gasteiger partial charge in [-0.25, -0.2) is 9.78 Å². The van der Waals surface area contributed by atoms with Crippen LogP contribution in [0, 0.1) is 6.92 Å². The number of nitrogens with zero attached hydrogens (tertiary/aromatic N) is 3. The van der Waals surface area contributed by atoms with E-state index in [2.05, 4.69) is 14.7 Å². The molecule has 2 aliphatic rings. The van der Waals surface area contributed by atoms with Gasteiger partial charge in [-0.2, -0.15) is 4.37 Å². The molecule has 2 atom stereocenters. The topological polar surface area (TPSA) is 122 Å². The molecule has 9 nitrogen and oxygen atoms in total. The van der Waals surface area contributed by atoms with Crippen molar-refractivity contribution in [2.45, 2.75) is 22.7 Å². The van der Waals surface area contributed by atoms with Crippen molar-refractivity contribution < 1.29 is 24.2 Å². The number of carboxylic acids is 1. The molecule has 3 heterocycles. The van der Waals surface area contributed by atoms with Gasteiger partial charge in [0, 0.05) is 18.6 Å². The number of nitrogens with one attached hydrogen (secondary N) is 1. The summed E-state index contributed by atoms with van der Waals surface area (Å²) in [5.41, 5.74) is 0.683. The van der Waals surface area contributed by atoms with Gasteiger partial charge in [-0.15, -0.1) is 23.5 Å². The molecule has 0 saturated carbocycles. The third-order valence-electron chi connectivity index (χ3n) is 3.88. The second kappa shape index (κ2) is 9.48. The van der Waals surface area contributed by atoms with E-state index in [1.807, 2.05) is 0 Å². The zero-order valence-electron chi connectivity index (χ0n) is 15.0. The molecule has 3 rings (SSSR count). The Kier molecular flexibility index (Phi) is 7.25. The van der Waals surface area contributed by atoms with Gasteiger partial charge >= 0.3 is 5.97 Å². The summed E-state index contributed by atoms with van der Waals surface area (Å²) in [5, 5.41) is 12.0. The van der Waals surface area contributed by atoms with Gasteiger partial charge in [-0.3, -0.25) is 14.5 Å². The van der Waals surface area contributed by atoms with E-state index in [-0.39, 0.29) is 17.4 Å². The molecule has 0 aromatic carbocycles. The summed E-state index contributed by atoms with van der Waals surface area (Å²) in [6.45, 7) is 1.80. The Labute approximate surface area is 178 Å². The summed E-state index contributed by atoms with van der Waals surface area (Å²) < 4.78 is 9.74. The summed E-state index contributed by atoms with van der Waals surface area (Å²) in [6.07, 6.45) is 0. The highest BCUT2D eigenvalue weighted by atomic mass is 32.2. The SMILES string of the molecule is COCSCC(=O)NC1C(=O)N2C(C(=O)O)=C(CSc3nc(C)ns3)CSC12. The molecule has 0 aliphatic carbocycles. The average Bonchev–Trinajstić information content (AvgIpc) is 3.08. The summed E-state index contributed by atoms with van der Waals surface area (Å²) in [7, 11) is 1.54. The number of carbonyl (C=O) groups excluding carboxylic acids is 2. The van der Waals surface area contributed by atoms with Crippen molar-refractivity contribution >= 4 is 64.6 Å². The van der Waals surface area contributed by atoms with Gasteiger partial charge in [0.05, 0.1) is 11.7 Å². The first-order chi connectivity index (χ1) is 13.4. The van der Waals surface area contributed by atoms with Crippen LogP contribution >= 0.6 is 46.8 Å². The number of ether oxygens (including phenoxy) is 1. The molecule has 0 bridgehead atoms. The van der Waals surface area contributed by atoms with Crippen molar-refractivity contribution in [1.29, 1.82) is 0 Å². The second-order valence-corrected chi connectivity index (χ2v) is 9.88. The van der Waals surface area contributed by atoms with Crippen molar-refractivity contribution in [3.63, 3.8) is 0 Å². The third-order valence-corrected chi connectivity index (χ3v) is 8.10. The number of thioether (sulfide) groups is 3. The predicted octanol–water partition coefficient (Wildman–Crippen LogP) is 1.01. The van der Waals surface area contributed by atoms with Crippen LogP contribution in [0.25, 0.3) is 0 Å². The lowest BCUT2D eigenvalue weighted by Crippen LogP contribution is -2.70. The summed E-state index contributed by atoms with van der Waals surface area (Å²) >= 11 is 5.43. The lowest BCUT2D eigenvalue weighted by molar-refractivity contribution is -0.150. The molecule has 1 saturated heterocycles. The third kappa shape index (κ3) is 4.64. The number of hydrogen-bond acceptors (Lipinski definition) is 10. The Morgan fingerprint density at radius 2 is 2.25 bits per heavy atom. The monoisotopic (exact) mass is 462 g/mol. The molecule has 0 spiro atoms. The van der Waals surface area contributed by atoms with Crippen molar-refractivity contribution in [2.24, 2.45) is 0 Å². The fourth-order valence-corrected chi connectivity index (χ4v) is 6.36. The van der Waals surface area contributed by atoms with Gasteiger partial charge in [-0.05, 0) is 24.0 Å². The number of carboxylic acid groups (broad SMARTS) is 1. The molecule has 152 valence electrons. The summed E-state index contributed by atoms with van der Waals surface area (Å²) in [5.74, 6) is 0.345. The number of hydrogen-bond donors (Lipinski definition) is 2. The molecule has 2 N–H and O–H groups in total. The Morgan fingerprint density at radius 3 is 2.89 bits per heavy atom. The molecule has 13 heteroatoms. The lowest BCUT2D eigenvalue weighted by Gasteiger charge is -2.49. The first-order valence-corrected chi connectivity index (χ1v) is 12.1. The zero-order chi connectivity index (χ0) is 20.3. The molecular formula is C15H18N4O5S4. The van der Waals surface area contributed by atoms with Crippen LogP contribution in [0.3, 0.4) is 0 Å². The van der Waals surface area contributed by atoms with Crippen LogP contribution < -0.4 is 5.32 Å². The molecule has 1 fully saturated rings. The maximum Gasteiger partial charge on any atom is 0.352 e. The van der Waals surface area contributed by atoms with Crippen LogP contribution in [-0.4, -0.2) is 78.9 Å². The Hall–Kier alpha value is -1.28. The normalized spacial score (nSPS) is 21.4.